The number of rotatable bonds is 8. The maximum absolute atomic E-state index is 9.28. The van der Waals surface area contributed by atoms with E-state index in [0.29, 0.717) is 23.4 Å². The Hall–Kier alpha value is -6.12. The molecule has 0 spiro atoms. The van der Waals surface area contributed by atoms with Crippen LogP contribution in [0.4, 0.5) is 17.1 Å². The van der Waals surface area contributed by atoms with Gasteiger partial charge in [0.1, 0.15) is 5.58 Å². The van der Waals surface area contributed by atoms with Crippen molar-refractivity contribution in [3.05, 3.63) is 162 Å². The van der Waals surface area contributed by atoms with Gasteiger partial charge in [-0.05, 0) is 53.6 Å². The molecule has 1 aromatic heterocycles. The molecule has 0 aliphatic rings. The summed E-state index contributed by atoms with van der Waals surface area (Å²) in [4.78, 5) is 0. The van der Waals surface area contributed by atoms with Crippen LogP contribution in [0.3, 0.4) is 0 Å². The van der Waals surface area contributed by atoms with Crippen molar-refractivity contribution in [3.8, 4) is 17.2 Å². The lowest BCUT2D eigenvalue weighted by Gasteiger charge is -2.15. The molecule has 0 aliphatic heterocycles. The summed E-state index contributed by atoms with van der Waals surface area (Å²) in [5.74, 6) is 0. The van der Waals surface area contributed by atoms with E-state index in [4.69, 9.17) is 9.83 Å². The van der Waals surface area contributed by atoms with E-state index < -0.39 is 0 Å². The molecule has 44 heavy (non-hydrogen) atoms. The Kier molecular flexibility index (Phi) is 7.08. The maximum atomic E-state index is 9.28. The van der Waals surface area contributed by atoms with Gasteiger partial charge < -0.3 is 15.1 Å². The molecule has 0 fully saturated rings. The van der Waals surface area contributed by atoms with Gasteiger partial charge in [-0.15, -0.1) is 0 Å². The van der Waals surface area contributed by atoms with E-state index in [1.807, 2.05) is 72.8 Å². The number of para-hydroxylation sites is 2. The Morgan fingerprint density at radius 2 is 1.50 bits per heavy atom. The normalized spacial score (nSPS) is 10.9. The lowest BCUT2D eigenvalue weighted by atomic mass is 9.99. The highest BCUT2D eigenvalue weighted by Crippen LogP contribution is 2.41. The second-order valence-corrected chi connectivity index (χ2v) is 10.6. The van der Waals surface area contributed by atoms with Crippen molar-refractivity contribution >= 4 is 44.7 Å². The van der Waals surface area contributed by atoms with Crippen molar-refractivity contribution in [3.63, 3.8) is 0 Å². The molecule has 1 heterocycles. The van der Waals surface area contributed by atoms with E-state index in [9.17, 15) is 5.26 Å². The van der Waals surface area contributed by atoms with Crippen LogP contribution in [-0.2, 0) is 6.54 Å². The fourth-order valence-corrected chi connectivity index (χ4v) is 5.57. The van der Waals surface area contributed by atoms with Crippen molar-refractivity contribution in [1.29, 1.82) is 10.7 Å². The molecule has 0 amide bonds. The van der Waals surface area contributed by atoms with Crippen LogP contribution in [0.2, 0.25) is 0 Å². The first-order valence-electron chi connectivity index (χ1n) is 14.5. The first-order chi connectivity index (χ1) is 21.7. The Morgan fingerprint density at radius 1 is 0.727 bits per heavy atom. The lowest BCUT2D eigenvalue weighted by Crippen LogP contribution is -2.08. The molecule has 6 aromatic carbocycles. The minimum atomic E-state index is 0.374. The first-order valence-corrected chi connectivity index (χ1v) is 14.5. The number of anilines is 3. The van der Waals surface area contributed by atoms with E-state index in [1.54, 1.807) is 12.1 Å². The number of hydrogen-bond acceptors (Lipinski definition) is 5. The predicted molar refractivity (Wildman–Crippen MR) is 180 cm³/mol. The third-order valence-corrected chi connectivity index (χ3v) is 7.81. The predicted octanol–water partition coefficient (Wildman–Crippen LogP) is 9.90. The molecule has 3 N–H and O–H groups in total. The lowest BCUT2D eigenvalue weighted by molar-refractivity contribution is 0.670. The van der Waals surface area contributed by atoms with Gasteiger partial charge in [0.25, 0.3) is 0 Å². The van der Waals surface area contributed by atoms with Crippen LogP contribution >= 0.6 is 0 Å². The fourth-order valence-electron chi connectivity index (χ4n) is 5.57. The van der Waals surface area contributed by atoms with Gasteiger partial charge >= 0.3 is 0 Å². The molecule has 0 saturated carbocycles. The summed E-state index contributed by atoms with van der Waals surface area (Å²) < 4.78 is 6.40. The van der Waals surface area contributed by atoms with Crippen molar-refractivity contribution in [2.75, 3.05) is 10.6 Å². The van der Waals surface area contributed by atoms with Crippen molar-refractivity contribution in [1.82, 2.24) is 0 Å². The van der Waals surface area contributed by atoms with Crippen LogP contribution in [-0.4, -0.2) is 5.71 Å². The van der Waals surface area contributed by atoms with Gasteiger partial charge in [-0.3, -0.25) is 5.41 Å². The van der Waals surface area contributed by atoms with E-state index in [-0.39, 0.29) is 0 Å². The summed E-state index contributed by atoms with van der Waals surface area (Å²) in [7, 11) is 0. The van der Waals surface area contributed by atoms with Crippen LogP contribution < -0.4 is 10.6 Å². The average Bonchev–Trinajstić information content (AvgIpc) is 3.47. The number of nitrogens with one attached hydrogen (secondary N) is 3. The Labute approximate surface area is 255 Å². The number of benzene rings is 6. The molecule has 7 aromatic rings. The van der Waals surface area contributed by atoms with Crippen molar-refractivity contribution < 1.29 is 4.42 Å². The van der Waals surface area contributed by atoms with Crippen molar-refractivity contribution in [2.24, 2.45) is 0 Å². The minimum absolute atomic E-state index is 0.374. The highest BCUT2D eigenvalue weighted by Gasteiger charge is 2.16. The quantitative estimate of drug-likeness (QED) is 0.159. The third kappa shape index (κ3) is 5.17. The van der Waals surface area contributed by atoms with Crippen molar-refractivity contribution in [2.45, 2.75) is 6.54 Å². The third-order valence-electron chi connectivity index (χ3n) is 7.81. The molecular weight excluding hydrogens is 540 g/mol. The van der Waals surface area contributed by atoms with Gasteiger partial charge in [0.2, 0.25) is 0 Å². The molecule has 210 valence electrons. The van der Waals surface area contributed by atoms with Crippen LogP contribution in [0.15, 0.2) is 144 Å². The van der Waals surface area contributed by atoms with Crippen LogP contribution in [0, 0.1) is 16.7 Å². The van der Waals surface area contributed by atoms with Gasteiger partial charge in [-0.2, -0.15) is 5.26 Å². The second kappa shape index (κ2) is 11.6. The summed E-state index contributed by atoms with van der Waals surface area (Å²) in [6, 6.07) is 48.3. The van der Waals surface area contributed by atoms with Gasteiger partial charge in [0, 0.05) is 45.4 Å². The molecule has 0 saturated heterocycles. The molecule has 0 aliphatic carbocycles. The average molecular weight is 569 g/mol. The molecule has 0 unspecified atom stereocenters. The zero-order chi connectivity index (χ0) is 29.9. The fraction of sp³-hybridized carbons (Fsp3) is 0.0256. The minimum Gasteiger partial charge on any atom is -0.454 e. The van der Waals surface area contributed by atoms with Gasteiger partial charge in [0.15, 0.2) is 5.58 Å². The van der Waals surface area contributed by atoms with Crippen LogP contribution in [0.25, 0.3) is 33.1 Å². The smallest absolute Gasteiger partial charge is 0.159 e. The summed E-state index contributed by atoms with van der Waals surface area (Å²) in [6.45, 7) is 0.594. The molecule has 5 nitrogen and oxygen atoms in total. The summed E-state index contributed by atoms with van der Waals surface area (Å²) in [5.41, 5.74) is 10.2. The largest absolute Gasteiger partial charge is 0.454 e. The monoisotopic (exact) mass is 568 g/mol. The Balaban J connectivity index is 1.14. The molecule has 5 heteroatoms. The number of nitriles is 1. The zero-order valence-electron chi connectivity index (χ0n) is 23.8. The molecular formula is C39H28N4O. The van der Waals surface area contributed by atoms with Gasteiger partial charge in [-0.1, -0.05) is 97.1 Å². The molecule has 7 rings (SSSR count). The molecule has 0 radical (unpaired) electrons. The van der Waals surface area contributed by atoms with E-state index in [0.717, 1.165) is 61.3 Å². The number of nitrogens with zero attached hydrogens (tertiary/aromatic N) is 1. The van der Waals surface area contributed by atoms with E-state index >= 15 is 0 Å². The topological polar surface area (TPSA) is 84.8 Å². The standard InChI is InChI=1S/C39H28N4O/c40-24-27-9-8-12-29(23-27)37(41)34-14-4-6-15-35(34)42-25-26-17-19-30(20-18-26)43-38-31(28-10-2-1-3-11-28)21-22-33-32-13-5-7-16-36(32)44-39(33)38/h1-23,41-43H,25H2. The first kappa shape index (κ1) is 26.8. The molecule has 0 atom stereocenters. The summed E-state index contributed by atoms with van der Waals surface area (Å²) in [5, 5.41) is 27.4. The SMILES string of the molecule is N#Cc1cccc(C(=N)c2ccccc2NCc2ccc(Nc3c(-c4ccccc4)ccc4c3oc3ccccc34)cc2)c1. The summed E-state index contributed by atoms with van der Waals surface area (Å²) in [6.07, 6.45) is 0. The van der Waals surface area contributed by atoms with Crippen LogP contribution in [0.5, 0.6) is 0 Å². The van der Waals surface area contributed by atoms with E-state index in [1.165, 1.54) is 0 Å². The highest BCUT2D eigenvalue weighted by molar-refractivity contribution is 6.14. The maximum Gasteiger partial charge on any atom is 0.159 e. The second-order valence-electron chi connectivity index (χ2n) is 10.6. The number of furan rings is 1. The highest BCUT2D eigenvalue weighted by atomic mass is 16.3. The summed E-state index contributed by atoms with van der Waals surface area (Å²) >= 11 is 0. The van der Waals surface area contributed by atoms with E-state index in [2.05, 4.69) is 71.3 Å². The molecule has 0 bridgehead atoms. The number of fused-ring (bicyclic) bond motifs is 3. The Morgan fingerprint density at radius 3 is 2.34 bits per heavy atom. The Bertz CT molecular complexity index is 2170. The van der Waals surface area contributed by atoms with Gasteiger partial charge in [0.05, 0.1) is 23.0 Å². The number of hydrogen-bond donors (Lipinski definition) is 3. The van der Waals surface area contributed by atoms with Gasteiger partial charge in [-0.25, -0.2) is 0 Å². The van der Waals surface area contributed by atoms with Crippen LogP contribution in [0.1, 0.15) is 22.3 Å². The zero-order valence-corrected chi connectivity index (χ0v) is 23.8.